The Morgan fingerprint density at radius 3 is 2.46 bits per heavy atom. The molecule has 70 valence electrons. The van der Waals surface area contributed by atoms with Gasteiger partial charge < -0.3 is 5.32 Å². The van der Waals surface area contributed by atoms with Gasteiger partial charge in [0.2, 0.25) is 6.41 Å². The molecule has 0 aliphatic carbocycles. The first kappa shape index (κ1) is 10.0. The second-order valence-corrected chi connectivity index (χ2v) is 2.90. The first-order valence-corrected chi connectivity index (χ1v) is 3.90. The molecule has 1 rings (SSSR count). The fraction of sp³-hybridized carbons (Fsp3) is 0. The number of hydrogen-bond acceptors (Lipinski definition) is 1. The molecule has 0 saturated carbocycles. The van der Waals surface area contributed by atoms with Crippen LogP contribution in [0.1, 0.15) is 0 Å². The van der Waals surface area contributed by atoms with Crippen LogP contribution in [-0.2, 0) is 4.79 Å². The molecule has 0 fully saturated rings. The third kappa shape index (κ3) is 1.82. The minimum Gasteiger partial charge on any atom is -0.328 e. The minimum absolute atomic E-state index is 0.161. The van der Waals surface area contributed by atoms with Crippen LogP contribution in [0.2, 0.25) is 0 Å². The fourth-order valence-corrected chi connectivity index (χ4v) is 1.14. The van der Waals surface area contributed by atoms with Gasteiger partial charge in [-0.15, -0.1) is 0 Å². The molecule has 0 radical (unpaired) electrons. The zero-order valence-electron chi connectivity index (χ0n) is 6.07. The average Bonchev–Trinajstić information content (AvgIpc) is 2.11. The summed E-state index contributed by atoms with van der Waals surface area (Å²) >= 11 is 2.66. The summed E-state index contributed by atoms with van der Waals surface area (Å²) in [5.41, 5.74) is -0.161. The molecule has 0 atom stereocenters. The highest BCUT2D eigenvalue weighted by molar-refractivity contribution is 9.10. The van der Waals surface area contributed by atoms with E-state index in [2.05, 4.69) is 15.9 Å². The molecule has 1 aromatic carbocycles. The highest BCUT2D eigenvalue weighted by Gasteiger charge is 2.16. The molecule has 1 amide bonds. The second-order valence-electron chi connectivity index (χ2n) is 2.11. The van der Waals surface area contributed by atoms with Gasteiger partial charge in [0, 0.05) is 6.07 Å². The SMILES string of the molecule is O=CNc1cc(F)c(F)c(F)c1Br. The van der Waals surface area contributed by atoms with Crippen molar-refractivity contribution in [3.63, 3.8) is 0 Å². The van der Waals surface area contributed by atoms with Crippen LogP contribution in [0.4, 0.5) is 18.9 Å². The quantitative estimate of drug-likeness (QED) is 0.490. The van der Waals surface area contributed by atoms with Gasteiger partial charge in [-0.25, -0.2) is 13.2 Å². The fourth-order valence-electron chi connectivity index (χ4n) is 0.741. The molecule has 0 heterocycles. The summed E-state index contributed by atoms with van der Waals surface area (Å²) in [6.45, 7) is 0. The van der Waals surface area contributed by atoms with Gasteiger partial charge in [0.1, 0.15) is 0 Å². The normalized spacial score (nSPS) is 9.85. The van der Waals surface area contributed by atoms with Crippen molar-refractivity contribution >= 4 is 28.0 Å². The Kier molecular flexibility index (Phi) is 2.92. The van der Waals surface area contributed by atoms with E-state index in [1.165, 1.54) is 0 Å². The van der Waals surface area contributed by atoms with Gasteiger partial charge in [0.05, 0.1) is 10.2 Å². The Hall–Kier alpha value is -1.04. The van der Waals surface area contributed by atoms with Crippen LogP contribution in [0.15, 0.2) is 10.5 Å². The largest absolute Gasteiger partial charge is 0.328 e. The van der Waals surface area contributed by atoms with Crippen molar-refractivity contribution in [1.29, 1.82) is 0 Å². The zero-order valence-corrected chi connectivity index (χ0v) is 7.66. The van der Waals surface area contributed by atoms with Crippen molar-refractivity contribution < 1.29 is 18.0 Å². The summed E-state index contributed by atoms with van der Waals surface area (Å²) < 4.78 is 37.5. The van der Waals surface area contributed by atoms with Gasteiger partial charge in [-0.05, 0) is 15.9 Å². The van der Waals surface area contributed by atoms with Gasteiger partial charge in [0.15, 0.2) is 17.5 Å². The summed E-state index contributed by atoms with van der Waals surface area (Å²) in [5, 5.41) is 2.01. The summed E-state index contributed by atoms with van der Waals surface area (Å²) in [6, 6.07) is 0.677. The van der Waals surface area contributed by atoms with Gasteiger partial charge in [-0.1, -0.05) is 0 Å². The summed E-state index contributed by atoms with van der Waals surface area (Å²) in [4.78, 5) is 9.96. The van der Waals surface area contributed by atoms with E-state index in [1.54, 1.807) is 0 Å². The summed E-state index contributed by atoms with van der Waals surface area (Å²) in [5.74, 6) is -4.31. The Labute approximate surface area is 79.9 Å². The Balaban J connectivity index is 3.31. The van der Waals surface area contributed by atoms with Crippen molar-refractivity contribution in [3.05, 3.63) is 28.0 Å². The molecular formula is C7H3BrF3NO. The Morgan fingerprint density at radius 2 is 1.92 bits per heavy atom. The topological polar surface area (TPSA) is 29.1 Å². The van der Waals surface area contributed by atoms with E-state index in [4.69, 9.17) is 0 Å². The van der Waals surface area contributed by atoms with Gasteiger partial charge in [-0.3, -0.25) is 4.79 Å². The number of anilines is 1. The van der Waals surface area contributed by atoms with E-state index in [0.717, 1.165) is 0 Å². The van der Waals surface area contributed by atoms with E-state index < -0.39 is 17.5 Å². The lowest BCUT2D eigenvalue weighted by atomic mass is 10.3. The van der Waals surface area contributed by atoms with Crippen molar-refractivity contribution in [2.24, 2.45) is 0 Å². The molecular weight excluding hydrogens is 251 g/mol. The highest BCUT2D eigenvalue weighted by atomic mass is 79.9. The number of benzene rings is 1. The first-order valence-electron chi connectivity index (χ1n) is 3.11. The summed E-state index contributed by atoms with van der Waals surface area (Å²) in [6.07, 6.45) is 0.233. The molecule has 0 unspecified atom stereocenters. The van der Waals surface area contributed by atoms with E-state index in [9.17, 15) is 18.0 Å². The third-order valence-corrected chi connectivity index (χ3v) is 2.09. The molecule has 1 N–H and O–H groups in total. The third-order valence-electron chi connectivity index (χ3n) is 1.32. The van der Waals surface area contributed by atoms with E-state index >= 15 is 0 Å². The van der Waals surface area contributed by atoms with Crippen LogP contribution in [0, 0.1) is 17.5 Å². The van der Waals surface area contributed by atoms with Crippen LogP contribution in [0.25, 0.3) is 0 Å². The maximum atomic E-state index is 12.8. The molecule has 6 heteroatoms. The minimum atomic E-state index is -1.58. The van der Waals surface area contributed by atoms with Crippen molar-refractivity contribution in [3.8, 4) is 0 Å². The molecule has 13 heavy (non-hydrogen) atoms. The lowest BCUT2D eigenvalue weighted by molar-refractivity contribution is -0.105. The number of carbonyl (C=O) groups is 1. The van der Waals surface area contributed by atoms with Crippen molar-refractivity contribution in [2.45, 2.75) is 0 Å². The number of halogens is 4. The maximum absolute atomic E-state index is 12.8. The van der Waals surface area contributed by atoms with Crippen molar-refractivity contribution in [2.75, 3.05) is 5.32 Å². The predicted molar refractivity (Wildman–Crippen MR) is 43.7 cm³/mol. The van der Waals surface area contributed by atoms with Crippen LogP contribution in [0.5, 0.6) is 0 Å². The van der Waals surface area contributed by atoms with Crippen molar-refractivity contribution in [1.82, 2.24) is 0 Å². The van der Waals surface area contributed by atoms with Crippen LogP contribution >= 0.6 is 15.9 Å². The van der Waals surface area contributed by atoms with Crippen LogP contribution in [0.3, 0.4) is 0 Å². The lowest BCUT2D eigenvalue weighted by Gasteiger charge is -2.04. The smallest absolute Gasteiger partial charge is 0.211 e. The van der Waals surface area contributed by atoms with Gasteiger partial charge in [-0.2, -0.15) is 0 Å². The van der Waals surface area contributed by atoms with E-state index in [1.807, 2.05) is 5.32 Å². The Bertz CT molecular complexity index is 356. The molecule has 0 aliphatic rings. The molecule has 2 nitrogen and oxygen atoms in total. The molecule has 0 aromatic heterocycles. The second kappa shape index (κ2) is 3.78. The molecule has 0 aliphatic heterocycles. The molecule has 0 bridgehead atoms. The molecule has 0 saturated heterocycles. The van der Waals surface area contributed by atoms with E-state index in [0.29, 0.717) is 6.07 Å². The van der Waals surface area contributed by atoms with Gasteiger partial charge >= 0.3 is 0 Å². The van der Waals surface area contributed by atoms with Gasteiger partial charge in [0.25, 0.3) is 0 Å². The molecule has 1 aromatic rings. The average molecular weight is 254 g/mol. The lowest BCUT2D eigenvalue weighted by Crippen LogP contribution is -2.00. The predicted octanol–water partition coefficient (Wildman–Crippen LogP) is 2.43. The first-order chi connectivity index (χ1) is 6.07. The number of rotatable bonds is 2. The molecule has 0 spiro atoms. The number of nitrogens with one attached hydrogen (secondary N) is 1. The number of amides is 1. The maximum Gasteiger partial charge on any atom is 0.211 e. The zero-order chi connectivity index (χ0) is 10.0. The van der Waals surface area contributed by atoms with E-state index in [-0.39, 0.29) is 16.6 Å². The highest BCUT2D eigenvalue weighted by Crippen LogP contribution is 2.28. The van der Waals surface area contributed by atoms with Crippen LogP contribution < -0.4 is 5.32 Å². The van der Waals surface area contributed by atoms with Crippen LogP contribution in [-0.4, -0.2) is 6.41 Å². The number of hydrogen-bond donors (Lipinski definition) is 1. The monoisotopic (exact) mass is 253 g/mol. The number of carbonyl (C=O) groups excluding carboxylic acids is 1. The standard InChI is InChI=1S/C7H3BrF3NO/c8-5-4(12-2-13)1-3(9)6(10)7(5)11/h1-2H,(H,12,13). The summed E-state index contributed by atoms with van der Waals surface area (Å²) in [7, 11) is 0. The Morgan fingerprint density at radius 1 is 1.31 bits per heavy atom.